The summed E-state index contributed by atoms with van der Waals surface area (Å²) in [5.41, 5.74) is 1.20. The molecule has 3 rings (SSSR count). The van der Waals surface area contributed by atoms with Gasteiger partial charge in [-0.2, -0.15) is 0 Å². The zero-order valence-electron chi connectivity index (χ0n) is 14.7. The Bertz CT molecular complexity index is 554. The molecule has 0 unspecified atom stereocenters. The van der Waals surface area contributed by atoms with E-state index in [0.29, 0.717) is 18.4 Å². The van der Waals surface area contributed by atoms with E-state index in [4.69, 9.17) is 0 Å². The number of benzene rings is 1. The van der Waals surface area contributed by atoms with E-state index in [1.807, 2.05) is 17.0 Å². The molecule has 0 radical (unpaired) electrons. The van der Waals surface area contributed by atoms with Gasteiger partial charge in [0.2, 0.25) is 5.91 Å². The summed E-state index contributed by atoms with van der Waals surface area (Å²) in [5.74, 6) is 0.541. The third kappa shape index (κ3) is 4.14. The maximum absolute atomic E-state index is 13.1. The molecule has 0 bridgehead atoms. The van der Waals surface area contributed by atoms with Crippen molar-refractivity contribution in [1.29, 1.82) is 0 Å². The molecular weight excluding hydrogens is 305 g/mol. The predicted octanol–water partition coefficient (Wildman–Crippen LogP) is 2.17. The van der Waals surface area contributed by atoms with Gasteiger partial charge in [-0.1, -0.05) is 12.1 Å². The zero-order valence-corrected chi connectivity index (χ0v) is 14.7. The largest absolute Gasteiger partial charge is 0.340 e. The van der Waals surface area contributed by atoms with E-state index in [1.54, 1.807) is 12.1 Å². The first-order valence-corrected chi connectivity index (χ1v) is 8.99. The summed E-state index contributed by atoms with van der Waals surface area (Å²) >= 11 is 0. The average Bonchev–Trinajstić information content (AvgIpc) is 2.95. The Morgan fingerprint density at radius 3 is 2.50 bits per heavy atom. The Hall–Kier alpha value is -1.46. The molecule has 5 heteroatoms. The molecule has 0 aliphatic carbocycles. The minimum Gasteiger partial charge on any atom is -0.340 e. The van der Waals surface area contributed by atoms with Crippen molar-refractivity contribution in [1.82, 2.24) is 14.7 Å². The number of nitrogens with zero attached hydrogens (tertiary/aromatic N) is 3. The molecular formula is C19H28FN3O. The second-order valence-electron chi connectivity index (χ2n) is 7.26. The summed E-state index contributed by atoms with van der Waals surface area (Å²) in [5, 5.41) is 0. The van der Waals surface area contributed by atoms with Gasteiger partial charge in [-0.15, -0.1) is 0 Å². The highest BCUT2D eigenvalue weighted by molar-refractivity contribution is 5.76. The van der Waals surface area contributed by atoms with Crippen LogP contribution in [0.1, 0.15) is 31.2 Å². The molecule has 2 atom stereocenters. The maximum atomic E-state index is 13.1. The van der Waals surface area contributed by atoms with E-state index >= 15 is 0 Å². The van der Waals surface area contributed by atoms with Crippen LogP contribution in [-0.2, 0) is 4.79 Å². The van der Waals surface area contributed by atoms with Crippen LogP contribution in [0.25, 0.3) is 0 Å². The Morgan fingerprint density at radius 1 is 1.17 bits per heavy atom. The van der Waals surface area contributed by atoms with Crippen LogP contribution < -0.4 is 0 Å². The van der Waals surface area contributed by atoms with Crippen molar-refractivity contribution in [2.45, 2.75) is 31.7 Å². The normalized spacial score (nSPS) is 26.0. The number of hydrogen-bond donors (Lipinski definition) is 0. The van der Waals surface area contributed by atoms with Gasteiger partial charge < -0.3 is 9.80 Å². The van der Waals surface area contributed by atoms with Crippen molar-refractivity contribution in [3.8, 4) is 0 Å². The van der Waals surface area contributed by atoms with Gasteiger partial charge in [-0.3, -0.25) is 9.69 Å². The summed E-state index contributed by atoms with van der Waals surface area (Å²) in [4.78, 5) is 19.1. The van der Waals surface area contributed by atoms with Crippen molar-refractivity contribution in [2.75, 3.05) is 46.3 Å². The van der Waals surface area contributed by atoms with Crippen LogP contribution in [0.5, 0.6) is 0 Å². The van der Waals surface area contributed by atoms with Gasteiger partial charge in [-0.05, 0) is 44.0 Å². The summed E-state index contributed by atoms with van der Waals surface area (Å²) < 4.78 is 13.1. The first-order chi connectivity index (χ1) is 11.5. The summed E-state index contributed by atoms with van der Waals surface area (Å²) in [6, 6.07) is 7.34. The molecule has 4 nitrogen and oxygen atoms in total. The Balaban J connectivity index is 1.49. The third-order valence-electron chi connectivity index (χ3n) is 5.51. The molecule has 24 heavy (non-hydrogen) atoms. The van der Waals surface area contributed by atoms with Crippen molar-refractivity contribution < 1.29 is 9.18 Å². The molecule has 2 aliphatic heterocycles. The van der Waals surface area contributed by atoms with Crippen LogP contribution in [0.3, 0.4) is 0 Å². The van der Waals surface area contributed by atoms with E-state index in [2.05, 4.69) is 23.8 Å². The van der Waals surface area contributed by atoms with Crippen LogP contribution in [-0.4, -0.2) is 73.0 Å². The van der Waals surface area contributed by atoms with Gasteiger partial charge in [0.15, 0.2) is 0 Å². The number of hydrogen-bond acceptors (Lipinski definition) is 3. The smallest absolute Gasteiger partial charge is 0.223 e. The molecule has 1 amide bonds. The van der Waals surface area contributed by atoms with Gasteiger partial charge in [0.25, 0.3) is 0 Å². The Morgan fingerprint density at radius 2 is 1.83 bits per heavy atom. The first kappa shape index (κ1) is 17.4. The maximum Gasteiger partial charge on any atom is 0.223 e. The minimum atomic E-state index is -0.181. The fraction of sp³-hybridized carbons (Fsp3) is 0.632. The van der Waals surface area contributed by atoms with Crippen molar-refractivity contribution in [3.63, 3.8) is 0 Å². The number of halogens is 1. The number of rotatable bonds is 4. The summed E-state index contributed by atoms with van der Waals surface area (Å²) in [6.45, 7) is 7.65. The zero-order chi connectivity index (χ0) is 17.1. The fourth-order valence-corrected chi connectivity index (χ4v) is 3.84. The number of carbonyl (C=O) groups excluding carboxylic acids is 1. The van der Waals surface area contributed by atoms with Crippen molar-refractivity contribution in [2.24, 2.45) is 0 Å². The van der Waals surface area contributed by atoms with Gasteiger partial charge in [0.05, 0.1) is 0 Å². The van der Waals surface area contributed by atoms with Gasteiger partial charge in [-0.25, -0.2) is 4.39 Å². The van der Waals surface area contributed by atoms with Gasteiger partial charge in [0, 0.05) is 51.7 Å². The van der Waals surface area contributed by atoms with Crippen LogP contribution >= 0.6 is 0 Å². The minimum absolute atomic E-state index is 0.181. The predicted molar refractivity (Wildman–Crippen MR) is 93.5 cm³/mol. The molecule has 0 N–H and O–H groups in total. The molecule has 132 valence electrons. The van der Waals surface area contributed by atoms with Crippen molar-refractivity contribution >= 4 is 5.91 Å². The Labute approximate surface area is 144 Å². The highest BCUT2D eigenvalue weighted by Gasteiger charge is 2.30. The average molecular weight is 333 g/mol. The summed E-state index contributed by atoms with van der Waals surface area (Å²) in [6.07, 6.45) is 1.68. The highest BCUT2D eigenvalue weighted by atomic mass is 19.1. The molecule has 0 saturated carbocycles. The topological polar surface area (TPSA) is 26.8 Å². The van der Waals surface area contributed by atoms with Crippen LogP contribution in [0.15, 0.2) is 24.3 Å². The molecule has 2 heterocycles. The number of carbonyl (C=O) groups is 1. The Kier molecular flexibility index (Phi) is 5.51. The second-order valence-corrected chi connectivity index (χ2v) is 7.26. The monoisotopic (exact) mass is 333 g/mol. The third-order valence-corrected chi connectivity index (χ3v) is 5.51. The molecule has 1 aromatic rings. The molecule has 0 spiro atoms. The van der Waals surface area contributed by atoms with E-state index in [0.717, 1.165) is 45.7 Å². The molecule has 0 aromatic heterocycles. The fourth-order valence-electron chi connectivity index (χ4n) is 3.84. The van der Waals surface area contributed by atoms with Crippen LogP contribution in [0.4, 0.5) is 4.39 Å². The van der Waals surface area contributed by atoms with E-state index in [-0.39, 0.29) is 11.7 Å². The SMILES string of the molecule is C[C@@H]1C[C@@H](c2ccc(F)cc2)CN1CCC(=O)N1CCN(C)CC1. The number of piperazine rings is 1. The quantitative estimate of drug-likeness (QED) is 0.845. The van der Waals surface area contributed by atoms with E-state index in [9.17, 15) is 9.18 Å². The second kappa shape index (κ2) is 7.62. The molecule has 1 aromatic carbocycles. The first-order valence-electron chi connectivity index (χ1n) is 8.99. The number of likely N-dealkylation sites (tertiary alicyclic amines) is 1. The lowest BCUT2D eigenvalue weighted by molar-refractivity contribution is -0.133. The highest BCUT2D eigenvalue weighted by Crippen LogP contribution is 2.31. The van der Waals surface area contributed by atoms with Crippen LogP contribution in [0, 0.1) is 5.82 Å². The lowest BCUT2D eigenvalue weighted by Crippen LogP contribution is -2.47. The van der Waals surface area contributed by atoms with Gasteiger partial charge >= 0.3 is 0 Å². The van der Waals surface area contributed by atoms with E-state index < -0.39 is 0 Å². The number of likely N-dealkylation sites (N-methyl/N-ethyl adjacent to an activating group) is 1. The van der Waals surface area contributed by atoms with E-state index in [1.165, 1.54) is 5.56 Å². The summed E-state index contributed by atoms with van der Waals surface area (Å²) in [7, 11) is 2.10. The van der Waals surface area contributed by atoms with Crippen LogP contribution in [0.2, 0.25) is 0 Å². The molecule has 2 saturated heterocycles. The molecule has 2 aliphatic rings. The lowest BCUT2D eigenvalue weighted by atomic mass is 9.97. The lowest BCUT2D eigenvalue weighted by Gasteiger charge is -2.33. The van der Waals surface area contributed by atoms with Gasteiger partial charge in [0.1, 0.15) is 5.82 Å². The standard InChI is InChI=1S/C19H28FN3O/c1-15-13-17(16-3-5-18(20)6-4-16)14-23(15)8-7-19(24)22-11-9-21(2)10-12-22/h3-6,15,17H,7-14H2,1-2H3/t15-,17-/m1/s1. The van der Waals surface area contributed by atoms with Crippen molar-refractivity contribution in [3.05, 3.63) is 35.6 Å². The number of amides is 1. The molecule has 2 fully saturated rings.